The zero-order chi connectivity index (χ0) is 8.97. The summed E-state index contributed by atoms with van der Waals surface area (Å²) in [4.78, 5) is 0. The Bertz CT molecular complexity index is 223. The molecule has 64 valence electrons. The highest BCUT2D eigenvalue weighted by atomic mass is 19.2. The van der Waals surface area contributed by atoms with Crippen LogP contribution in [-0.4, -0.2) is 7.27 Å². The number of hydrogen-bond acceptors (Lipinski definition) is 0. The molecule has 0 radical (unpaired) electrons. The van der Waals surface area contributed by atoms with Crippen LogP contribution in [0.5, 0.6) is 0 Å². The second-order valence-electron chi connectivity index (χ2n) is 3.00. The van der Waals surface area contributed by atoms with Gasteiger partial charge in [-0.2, -0.15) is 0 Å². The van der Waals surface area contributed by atoms with E-state index in [4.69, 9.17) is 0 Å². The maximum absolute atomic E-state index is 12.1. The van der Waals surface area contributed by atoms with Gasteiger partial charge in [0, 0.05) is 5.82 Å². The minimum absolute atomic E-state index is 0.457. The lowest BCUT2D eigenvalue weighted by Gasteiger charge is -2.06. The first-order valence-electron chi connectivity index (χ1n) is 4.02. The molecule has 0 aliphatic heterocycles. The molecule has 0 bridgehead atoms. The number of hydrogen-bond donors (Lipinski definition) is 0. The monoisotopic (exact) mass is 168 g/mol. The van der Waals surface area contributed by atoms with Crippen LogP contribution in [0.25, 0.3) is 0 Å². The van der Waals surface area contributed by atoms with E-state index in [0.717, 1.165) is 5.56 Å². The Hall–Kier alpha value is -0.855. The molecule has 0 aromatic heterocycles. The molecule has 1 rings (SSSR count). The van der Waals surface area contributed by atoms with Crippen LogP contribution in [0.15, 0.2) is 30.3 Å². The second kappa shape index (κ2) is 4.24. The molecule has 1 atom stereocenters. The topological polar surface area (TPSA) is 0 Å². The van der Waals surface area contributed by atoms with Crippen LogP contribution in [0.1, 0.15) is 12.5 Å². The molecule has 0 saturated heterocycles. The average Bonchev–Trinajstić information content (AvgIpc) is 2.06. The first-order valence-corrected chi connectivity index (χ1v) is 4.02. The van der Waals surface area contributed by atoms with Gasteiger partial charge in [0.2, 0.25) is 0 Å². The lowest BCUT2D eigenvalue weighted by atomic mass is 9.76. The van der Waals surface area contributed by atoms with Crippen molar-refractivity contribution in [3.63, 3.8) is 0 Å². The van der Waals surface area contributed by atoms with Gasteiger partial charge in [-0.3, -0.25) is 8.63 Å². The van der Waals surface area contributed by atoms with Gasteiger partial charge < -0.3 is 0 Å². The van der Waals surface area contributed by atoms with E-state index in [2.05, 4.69) is 0 Å². The highest BCUT2D eigenvalue weighted by molar-refractivity contribution is 6.44. The van der Waals surface area contributed by atoms with Crippen LogP contribution in [0.4, 0.5) is 8.63 Å². The molecule has 0 spiro atoms. The summed E-state index contributed by atoms with van der Waals surface area (Å²) in [5.41, 5.74) is 0.977. The fourth-order valence-electron chi connectivity index (χ4n) is 1.07. The van der Waals surface area contributed by atoms with Crippen molar-refractivity contribution in [3.05, 3.63) is 35.9 Å². The van der Waals surface area contributed by atoms with Gasteiger partial charge in [0.05, 0.1) is 0 Å². The maximum atomic E-state index is 12.1. The molecule has 0 saturated carbocycles. The van der Waals surface area contributed by atoms with Gasteiger partial charge in [-0.1, -0.05) is 37.3 Å². The van der Waals surface area contributed by atoms with E-state index in [9.17, 15) is 8.63 Å². The molecule has 1 unspecified atom stereocenters. The third kappa shape index (κ3) is 2.64. The van der Waals surface area contributed by atoms with E-state index in [1.165, 1.54) is 0 Å². The van der Waals surface area contributed by atoms with Crippen LogP contribution in [-0.2, 0) is 6.42 Å². The fourth-order valence-corrected chi connectivity index (χ4v) is 1.07. The standard InChI is InChI=1S/C9H11BF2/c1-8(10(11)12)7-9-5-3-2-4-6-9/h2-6,8H,7H2,1H3. The maximum Gasteiger partial charge on any atom is 0.541 e. The molecule has 0 N–H and O–H groups in total. The summed E-state index contributed by atoms with van der Waals surface area (Å²) in [6.45, 7) is 1.57. The third-order valence-corrected chi connectivity index (χ3v) is 1.83. The summed E-state index contributed by atoms with van der Waals surface area (Å²) in [7, 11) is -2.22. The van der Waals surface area contributed by atoms with Crippen molar-refractivity contribution in [2.24, 2.45) is 0 Å². The van der Waals surface area contributed by atoms with Gasteiger partial charge in [0.1, 0.15) is 0 Å². The summed E-state index contributed by atoms with van der Waals surface area (Å²) in [6, 6.07) is 9.37. The zero-order valence-corrected chi connectivity index (χ0v) is 7.00. The highest BCUT2D eigenvalue weighted by Gasteiger charge is 2.22. The minimum Gasteiger partial charge on any atom is -0.287 e. The first-order chi connectivity index (χ1) is 5.70. The van der Waals surface area contributed by atoms with Crippen molar-refractivity contribution in [2.45, 2.75) is 19.2 Å². The van der Waals surface area contributed by atoms with Crippen LogP contribution in [0, 0.1) is 0 Å². The average molecular weight is 168 g/mol. The lowest BCUT2D eigenvalue weighted by molar-refractivity contribution is 0.609. The predicted octanol–water partition coefficient (Wildman–Crippen LogP) is 3.05. The van der Waals surface area contributed by atoms with Crippen LogP contribution in [0.3, 0.4) is 0 Å². The summed E-state index contributed by atoms with van der Waals surface area (Å²) in [5, 5.41) is 0. The minimum atomic E-state index is -2.22. The van der Waals surface area contributed by atoms with Crippen molar-refractivity contribution in [3.8, 4) is 0 Å². The molecule has 3 heteroatoms. The zero-order valence-electron chi connectivity index (χ0n) is 7.00. The molecule has 0 nitrogen and oxygen atoms in total. The molecular formula is C9H11BF2. The summed E-state index contributed by atoms with van der Waals surface area (Å²) < 4.78 is 24.2. The molecule has 0 amide bonds. The van der Waals surface area contributed by atoms with Crippen LogP contribution < -0.4 is 0 Å². The lowest BCUT2D eigenvalue weighted by Crippen LogP contribution is -2.08. The van der Waals surface area contributed by atoms with Gasteiger partial charge in [0.25, 0.3) is 0 Å². The Morgan fingerprint density at radius 3 is 2.33 bits per heavy atom. The number of rotatable bonds is 3. The molecule has 1 aromatic rings. The molecule has 0 heterocycles. The largest absolute Gasteiger partial charge is 0.541 e. The van der Waals surface area contributed by atoms with E-state index in [0.29, 0.717) is 6.42 Å². The van der Waals surface area contributed by atoms with Crippen LogP contribution >= 0.6 is 0 Å². The van der Waals surface area contributed by atoms with Crippen LogP contribution in [0.2, 0.25) is 5.82 Å². The quantitative estimate of drug-likeness (QED) is 0.608. The normalized spacial score (nSPS) is 12.6. The van der Waals surface area contributed by atoms with E-state index in [1.807, 2.05) is 30.3 Å². The van der Waals surface area contributed by atoms with E-state index >= 15 is 0 Å². The van der Waals surface area contributed by atoms with Gasteiger partial charge >= 0.3 is 7.27 Å². The van der Waals surface area contributed by atoms with Crippen molar-refractivity contribution < 1.29 is 8.63 Å². The molecular weight excluding hydrogens is 157 g/mol. The van der Waals surface area contributed by atoms with E-state index in [1.54, 1.807) is 6.92 Å². The fraction of sp³-hybridized carbons (Fsp3) is 0.333. The van der Waals surface area contributed by atoms with Crippen molar-refractivity contribution in [1.29, 1.82) is 0 Å². The number of benzene rings is 1. The first kappa shape index (κ1) is 9.23. The predicted molar refractivity (Wildman–Crippen MR) is 47.5 cm³/mol. The van der Waals surface area contributed by atoms with E-state index in [-0.39, 0.29) is 0 Å². The summed E-state index contributed by atoms with van der Waals surface area (Å²) in [5.74, 6) is -0.549. The molecule has 0 aliphatic carbocycles. The Balaban J connectivity index is 2.53. The van der Waals surface area contributed by atoms with Gasteiger partial charge in [-0.05, 0) is 12.0 Å². The van der Waals surface area contributed by atoms with Gasteiger partial charge in [0.15, 0.2) is 0 Å². The van der Waals surface area contributed by atoms with E-state index < -0.39 is 13.1 Å². The molecule has 0 aliphatic rings. The number of halogens is 2. The smallest absolute Gasteiger partial charge is 0.287 e. The Morgan fingerprint density at radius 1 is 1.25 bits per heavy atom. The van der Waals surface area contributed by atoms with Gasteiger partial charge in [-0.15, -0.1) is 0 Å². The third-order valence-electron chi connectivity index (χ3n) is 1.83. The van der Waals surface area contributed by atoms with Crippen molar-refractivity contribution in [1.82, 2.24) is 0 Å². The second-order valence-corrected chi connectivity index (χ2v) is 3.00. The Labute approximate surface area is 71.8 Å². The Morgan fingerprint density at radius 2 is 1.83 bits per heavy atom. The molecule has 1 aromatic carbocycles. The Kier molecular flexibility index (Phi) is 3.26. The van der Waals surface area contributed by atoms with Crippen molar-refractivity contribution in [2.75, 3.05) is 0 Å². The molecule has 0 fully saturated rings. The molecule has 12 heavy (non-hydrogen) atoms. The SMILES string of the molecule is CC(Cc1ccccc1)B(F)F. The van der Waals surface area contributed by atoms with Gasteiger partial charge in [-0.25, -0.2) is 0 Å². The highest BCUT2D eigenvalue weighted by Crippen LogP contribution is 2.17. The summed E-state index contributed by atoms with van der Waals surface area (Å²) in [6.07, 6.45) is 0.457. The summed E-state index contributed by atoms with van der Waals surface area (Å²) >= 11 is 0. The van der Waals surface area contributed by atoms with Crippen molar-refractivity contribution >= 4 is 7.27 Å².